The van der Waals surface area contributed by atoms with E-state index in [1.807, 2.05) is 13.0 Å². The van der Waals surface area contributed by atoms with E-state index in [2.05, 4.69) is 25.8 Å². The van der Waals surface area contributed by atoms with Gasteiger partial charge in [-0.25, -0.2) is 4.79 Å². The molecule has 2 heterocycles. The van der Waals surface area contributed by atoms with Crippen molar-refractivity contribution in [3.05, 3.63) is 35.8 Å². The fourth-order valence-electron chi connectivity index (χ4n) is 3.35. The van der Waals surface area contributed by atoms with Crippen LogP contribution in [0.1, 0.15) is 49.9 Å². The van der Waals surface area contributed by atoms with E-state index in [1.54, 1.807) is 25.4 Å². The normalized spacial score (nSPS) is 18.3. The van der Waals surface area contributed by atoms with Crippen molar-refractivity contribution in [2.24, 2.45) is 0 Å². The van der Waals surface area contributed by atoms with Gasteiger partial charge in [0.1, 0.15) is 11.9 Å². The number of rotatable bonds is 8. The van der Waals surface area contributed by atoms with E-state index < -0.39 is 0 Å². The Balaban J connectivity index is 1.47. The average Bonchev–Trinajstić information content (AvgIpc) is 3.36. The number of methoxy groups -OCH3 is 1. The fourth-order valence-corrected chi connectivity index (χ4v) is 3.35. The van der Waals surface area contributed by atoms with Crippen LogP contribution in [0.2, 0.25) is 0 Å². The number of aromatic amines is 1. The van der Waals surface area contributed by atoms with Crippen LogP contribution in [-0.2, 0) is 16.0 Å². The topological polar surface area (TPSA) is 118 Å². The molecule has 0 aromatic carbocycles. The molecule has 1 aliphatic rings. The summed E-state index contributed by atoms with van der Waals surface area (Å²) in [5.41, 5.74) is 1.58. The summed E-state index contributed by atoms with van der Waals surface area (Å²) in [4.78, 5) is 28.1. The number of aromatic nitrogens is 3. The van der Waals surface area contributed by atoms with Crippen molar-refractivity contribution in [1.29, 1.82) is 0 Å². The highest BCUT2D eigenvalue weighted by molar-refractivity contribution is 5.91. The Morgan fingerprint density at radius 2 is 2.17 bits per heavy atom. The zero-order chi connectivity index (χ0) is 20.6. The molecule has 2 atom stereocenters. The average molecular weight is 401 g/mol. The van der Waals surface area contributed by atoms with Gasteiger partial charge in [-0.1, -0.05) is 6.92 Å². The van der Waals surface area contributed by atoms with Crippen LogP contribution < -0.4 is 15.4 Å². The Morgan fingerprint density at radius 1 is 1.31 bits per heavy atom. The van der Waals surface area contributed by atoms with Crippen LogP contribution >= 0.6 is 0 Å². The SMILES string of the molecule is CCCNC(=O)O[C@H]1CC[C@@H](c2cc(NC(=O)Cc3ccc(OC)cn3)n[nH]2)C1. The Kier molecular flexibility index (Phi) is 7.04. The van der Waals surface area contributed by atoms with E-state index >= 15 is 0 Å². The van der Waals surface area contributed by atoms with Gasteiger partial charge in [-0.2, -0.15) is 5.10 Å². The van der Waals surface area contributed by atoms with Crippen molar-refractivity contribution < 1.29 is 19.1 Å². The van der Waals surface area contributed by atoms with Crippen molar-refractivity contribution in [1.82, 2.24) is 20.5 Å². The first-order valence-electron chi connectivity index (χ1n) is 9.86. The molecule has 0 spiro atoms. The molecule has 2 aromatic heterocycles. The number of nitrogens with zero attached hydrogens (tertiary/aromatic N) is 2. The first-order valence-corrected chi connectivity index (χ1v) is 9.86. The lowest BCUT2D eigenvalue weighted by Crippen LogP contribution is -2.28. The van der Waals surface area contributed by atoms with Crippen LogP contribution in [0.25, 0.3) is 0 Å². The predicted octanol–water partition coefficient (Wildman–Crippen LogP) is 2.77. The highest BCUT2D eigenvalue weighted by Gasteiger charge is 2.30. The summed E-state index contributed by atoms with van der Waals surface area (Å²) in [6, 6.07) is 5.36. The third-order valence-electron chi connectivity index (χ3n) is 4.86. The van der Waals surface area contributed by atoms with E-state index in [0.29, 0.717) is 23.8 Å². The van der Waals surface area contributed by atoms with E-state index in [1.165, 1.54) is 0 Å². The molecule has 0 radical (unpaired) electrons. The molecule has 0 unspecified atom stereocenters. The molecule has 3 rings (SSSR count). The van der Waals surface area contributed by atoms with Crippen molar-refractivity contribution in [3.63, 3.8) is 0 Å². The number of hydrogen-bond donors (Lipinski definition) is 3. The zero-order valence-corrected chi connectivity index (χ0v) is 16.7. The molecule has 29 heavy (non-hydrogen) atoms. The molecule has 3 N–H and O–H groups in total. The summed E-state index contributed by atoms with van der Waals surface area (Å²) >= 11 is 0. The number of H-pyrrole nitrogens is 1. The number of amides is 2. The second-order valence-corrected chi connectivity index (χ2v) is 7.09. The molecule has 0 aliphatic heterocycles. The van der Waals surface area contributed by atoms with Crippen LogP contribution in [0.4, 0.5) is 10.6 Å². The molecular weight excluding hydrogens is 374 g/mol. The number of alkyl carbamates (subject to hydrolysis) is 1. The van der Waals surface area contributed by atoms with Gasteiger partial charge in [-0.3, -0.25) is 14.9 Å². The van der Waals surface area contributed by atoms with Gasteiger partial charge in [0, 0.05) is 29.9 Å². The highest BCUT2D eigenvalue weighted by Crippen LogP contribution is 2.35. The monoisotopic (exact) mass is 401 g/mol. The van der Waals surface area contributed by atoms with Crippen LogP contribution in [0.15, 0.2) is 24.4 Å². The molecular formula is C20H27N5O4. The number of pyridine rings is 1. The van der Waals surface area contributed by atoms with Crippen molar-refractivity contribution in [3.8, 4) is 5.75 Å². The van der Waals surface area contributed by atoms with Gasteiger partial charge in [-0.05, 0) is 37.8 Å². The third kappa shape index (κ3) is 5.94. The minimum atomic E-state index is -0.359. The number of ether oxygens (including phenoxy) is 2. The Labute approximate surface area is 169 Å². The number of carbonyl (C=O) groups is 2. The van der Waals surface area contributed by atoms with Crippen molar-refractivity contribution >= 4 is 17.8 Å². The number of carbonyl (C=O) groups excluding carboxylic acids is 2. The summed E-state index contributed by atoms with van der Waals surface area (Å²) in [5.74, 6) is 1.15. The maximum absolute atomic E-state index is 12.2. The van der Waals surface area contributed by atoms with E-state index in [0.717, 1.165) is 31.4 Å². The summed E-state index contributed by atoms with van der Waals surface area (Å²) in [6.45, 7) is 2.61. The third-order valence-corrected chi connectivity index (χ3v) is 4.86. The minimum absolute atomic E-state index is 0.0978. The summed E-state index contributed by atoms with van der Waals surface area (Å²) in [7, 11) is 1.57. The van der Waals surface area contributed by atoms with E-state index in [9.17, 15) is 9.59 Å². The quantitative estimate of drug-likeness (QED) is 0.626. The smallest absolute Gasteiger partial charge is 0.407 e. The molecule has 1 saturated carbocycles. The second-order valence-electron chi connectivity index (χ2n) is 7.09. The summed E-state index contributed by atoms with van der Waals surface area (Å²) < 4.78 is 10.5. The largest absolute Gasteiger partial charge is 0.495 e. The zero-order valence-electron chi connectivity index (χ0n) is 16.7. The van der Waals surface area contributed by atoms with Gasteiger partial charge in [0.15, 0.2) is 5.82 Å². The van der Waals surface area contributed by atoms with Gasteiger partial charge in [0.2, 0.25) is 5.91 Å². The minimum Gasteiger partial charge on any atom is -0.495 e. The lowest BCUT2D eigenvalue weighted by Gasteiger charge is -2.12. The standard InChI is InChI=1S/C20H27N5O4/c1-3-8-21-20(27)29-15-6-4-13(9-15)17-11-18(25-24-17)23-19(26)10-14-5-7-16(28-2)12-22-14/h5,7,11-13,15H,3-4,6,8-10H2,1-2H3,(H,21,27)(H2,23,24,25,26)/t13-,15+/m1/s1. The Hall–Kier alpha value is -3.10. The van der Waals surface area contributed by atoms with Crippen molar-refractivity contribution in [2.45, 2.75) is 51.0 Å². The Morgan fingerprint density at radius 3 is 2.90 bits per heavy atom. The summed E-state index contributed by atoms with van der Waals surface area (Å²) in [5, 5.41) is 12.7. The molecule has 0 bridgehead atoms. The van der Waals surface area contributed by atoms with Gasteiger partial charge in [-0.15, -0.1) is 0 Å². The van der Waals surface area contributed by atoms with E-state index in [-0.39, 0.29) is 30.4 Å². The first kappa shape index (κ1) is 20.6. The van der Waals surface area contributed by atoms with Gasteiger partial charge in [0.05, 0.1) is 19.7 Å². The molecule has 9 nitrogen and oxygen atoms in total. The maximum atomic E-state index is 12.2. The molecule has 1 aliphatic carbocycles. The lowest BCUT2D eigenvalue weighted by atomic mass is 10.0. The lowest BCUT2D eigenvalue weighted by molar-refractivity contribution is -0.115. The van der Waals surface area contributed by atoms with Gasteiger partial charge in [0.25, 0.3) is 0 Å². The highest BCUT2D eigenvalue weighted by atomic mass is 16.6. The molecule has 9 heteroatoms. The van der Waals surface area contributed by atoms with Crippen LogP contribution in [0.3, 0.4) is 0 Å². The molecule has 156 valence electrons. The number of nitrogens with one attached hydrogen (secondary N) is 3. The molecule has 2 amide bonds. The summed E-state index contributed by atoms with van der Waals surface area (Å²) in [6.07, 6.45) is 4.60. The Bertz CT molecular complexity index is 821. The fraction of sp³-hybridized carbons (Fsp3) is 0.500. The number of hydrogen-bond acceptors (Lipinski definition) is 6. The first-order chi connectivity index (χ1) is 14.1. The van der Waals surface area contributed by atoms with Gasteiger partial charge < -0.3 is 20.1 Å². The molecule has 0 saturated heterocycles. The van der Waals surface area contributed by atoms with E-state index in [4.69, 9.17) is 9.47 Å². The second kappa shape index (κ2) is 9.90. The van der Waals surface area contributed by atoms with Crippen LogP contribution in [0.5, 0.6) is 5.75 Å². The maximum Gasteiger partial charge on any atom is 0.407 e. The molecule has 1 fully saturated rings. The predicted molar refractivity (Wildman–Crippen MR) is 107 cm³/mol. The molecule has 2 aromatic rings. The number of anilines is 1. The van der Waals surface area contributed by atoms with Crippen LogP contribution in [-0.4, -0.2) is 46.9 Å². The van der Waals surface area contributed by atoms with Crippen LogP contribution in [0, 0.1) is 0 Å². The van der Waals surface area contributed by atoms with Crippen molar-refractivity contribution in [2.75, 3.05) is 19.0 Å². The van der Waals surface area contributed by atoms with Gasteiger partial charge >= 0.3 is 6.09 Å².